The van der Waals surface area contributed by atoms with Gasteiger partial charge in [0.2, 0.25) is 0 Å². The molecule has 0 N–H and O–H groups in total. The molecule has 0 atom stereocenters. The smallest absolute Gasteiger partial charge is 0.163 e. The SMILES string of the molecule is COC1(c2nc(Cl)c(I)c(Cl)n2)CCC(C)CC1. The lowest BCUT2D eigenvalue weighted by atomic mass is 9.79. The number of methoxy groups -OCH3 is 1. The summed E-state index contributed by atoms with van der Waals surface area (Å²) in [5, 5.41) is 0.807. The second kappa shape index (κ2) is 5.77. The Bertz CT molecular complexity index is 425. The Labute approximate surface area is 131 Å². The fourth-order valence-electron chi connectivity index (χ4n) is 2.35. The topological polar surface area (TPSA) is 35.0 Å². The average Bonchev–Trinajstić information content (AvgIpc) is 2.37. The van der Waals surface area contributed by atoms with Gasteiger partial charge in [-0.1, -0.05) is 30.1 Å². The molecular weight excluding hydrogens is 386 g/mol. The predicted octanol–water partition coefficient (Wildman–Crippen LogP) is 4.44. The van der Waals surface area contributed by atoms with Gasteiger partial charge in [-0.2, -0.15) is 0 Å². The summed E-state index contributed by atoms with van der Waals surface area (Å²) in [6, 6.07) is 0. The summed E-state index contributed by atoms with van der Waals surface area (Å²) in [6.45, 7) is 2.26. The molecule has 3 nitrogen and oxygen atoms in total. The molecule has 0 unspecified atom stereocenters. The fourth-order valence-corrected chi connectivity index (χ4v) is 2.97. The third kappa shape index (κ3) is 2.76. The first kappa shape index (κ1) is 14.8. The standard InChI is InChI=1S/C12H15Cl2IN2O/c1-7-3-5-12(18-2,6-4-7)11-16-9(13)8(15)10(14)17-11/h7H,3-6H2,1-2H3. The van der Waals surface area contributed by atoms with Crippen LogP contribution in [-0.4, -0.2) is 17.1 Å². The molecule has 100 valence electrons. The van der Waals surface area contributed by atoms with Crippen molar-refractivity contribution in [3.8, 4) is 0 Å². The Balaban J connectivity index is 2.39. The van der Waals surface area contributed by atoms with E-state index in [1.165, 1.54) is 0 Å². The lowest BCUT2D eigenvalue weighted by Gasteiger charge is -2.37. The maximum absolute atomic E-state index is 6.09. The van der Waals surface area contributed by atoms with Crippen LogP contribution >= 0.6 is 45.8 Å². The van der Waals surface area contributed by atoms with Crippen molar-refractivity contribution >= 4 is 45.8 Å². The van der Waals surface area contributed by atoms with Crippen LogP contribution in [-0.2, 0) is 10.3 Å². The lowest BCUT2D eigenvalue weighted by Crippen LogP contribution is -2.35. The highest BCUT2D eigenvalue weighted by Crippen LogP contribution is 2.41. The first-order chi connectivity index (χ1) is 8.48. The van der Waals surface area contributed by atoms with Crippen LogP contribution in [0.5, 0.6) is 0 Å². The number of rotatable bonds is 2. The molecule has 0 bridgehead atoms. The molecule has 0 saturated heterocycles. The highest BCUT2D eigenvalue weighted by atomic mass is 127. The molecule has 18 heavy (non-hydrogen) atoms. The van der Waals surface area contributed by atoms with E-state index in [9.17, 15) is 0 Å². The van der Waals surface area contributed by atoms with Gasteiger partial charge in [0.1, 0.15) is 15.9 Å². The van der Waals surface area contributed by atoms with Gasteiger partial charge in [-0.25, -0.2) is 9.97 Å². The molecule has 0 aromatic carbocycles. The first-order valence-electron chi connectivity index (χ1n) is 5.92. The summed E-state index contributed by atoms with van der Waals surface area (Å²) in [7, 11) is 1.71. The molecule has 0 amide bonds. The fraction of sp³-hybridized carbons (Fsp3) is 0.667. The van der Waals surface area contributed by atoms with Crippen molar-refractivity contribution in [1.29, 1.82) is 0 Å². The van der Waals surface area contributed by atoms with Crippen molar-refractivity contribution < 1.29 is 4.74 Å². The molecule has 1 aliphatic rings. The van der Waals surface area contributed by atoms with Crippen molar-refractivity contribution in [1.82, 2.24) is 9.97 Å². The van der Waals surface area contributed by atoms with E-state index in [-0.39, 0.29) is 0 Å². The van der Waals surface area contributed by atoms with Crippen molar-refractivity contribution in [3.05, 3.63) is 19.7 Å². The average molecular weight is 401 g/mol. The van der Waals surface area contributed by atoms with E-state index >= 15 is 0 Å². The molecule has 0 aliphatic heterocycles. The Kier molecular flexibility index (Phi) is 4.73. The van der Waals surface area contributed by atoms with Crippen LogP contribution in [0, 0.1) is 9.49 Å². The van der Waals surface area contributed by atoms with Crippen molar-refractivity contribution in [2.24, 2.45) is 5.92 Å². The summed E-state index contributed by atoms with van der Waals surface area (Å²) in [5.74, 6) is 1.34. The number of nitrogens with zero attached hydrogens (tertiary/aromatic N) is 2. The summed E-state index contributed by atoms with van der Waals surface area (Å²) in [5.41, 5.74) is -0.426. The zero-order valence-corrected chi connectivity index (χ0v) is 14.0. The largest absolute Gasteiger partial charge is 0.370 e. The number of halogens is 3. The first-order valence-corrected chi connectivity index (χ1v) is 7.76. The molecule has 6 heteroatoms. The highest BCUT2D eigenvalue weighted by molar-refractivity contribution is 14.1. The Morgan fingerprint density at radius 2 is 1.72 bits per heavy atom. The second-order valence-corrected chi connectivity index (χ2v) is 6.62. The van der Waals surface area contributed by atoms with E-state index < -0.39 is 5.60 Å². The second-order valence-electron chi connectivity index (χ2n) is 4.82. The molecule has 2 rings (SSSR count). The molecular formula is C12H15Cl2IN2O. The van der Waals surface area contributed by atoms with Gasteiger partial charge >= 0.3 is 0 Å². The van der Waals surface area contributed by atoms with Crippen molar-refractivity contribution in [2.75, 3.05) is 7.11 Å². The molecule has 1 fully saturated rings. The van der Waals surface area contributed by atoms with Gasteiger partial charge < -0.3 is 4.74 Å². The van der Waals surface area contributed by atoms with Gasteiger partial charge in [0.05, 0.1) is 3.57 Å². The van der Waals surface area contributed by atoms with Crippen LogP contribution < -0.4 is 0 Å². The van der Waals surface area contributed by atoms with Crippen LogP contribution in [0.3, 0.4) is 0 Å². The maximum atomic E-state index is 6.09. The third-order valence-corrected chi connectivity index (χ3v) is 5.86. The predicted molar refractivity (Wildman–Crippen MR) is 81.1 cm³/mol. The zero-order valence-electron chi connectivity index (χ0n) is 10.3. The lowest BCUT2D eigenvalue weighted by molar-refractivity contribution is -0.0597. The van der Waals surface area contributed by atoms with E-state index in [0.717, 1.165) is 31.6 Å². The van der Waals surface area contributed by atoms with E-state index in [1.54, 1.807) is 7.11 Å². The minimum absolute atomic E-state index is 0.403. The molecule has 1 saturated carbocycles. The zero-order chi connectivity index (χ0) is 13.3. The van der Waals surface area contributed by atoms with E-state index in [4.69, 9.17) is 27.9 Å². The number of ether oxygens (including phenoxy) is 1. The maximum Gasteiger partial charge on any atom is 0.163 e. The van der Waals surface area contributed by atoms with Crippen LogP contribution in [0.25, 0.3) is 0 Å². The van der Waals surface area contributed by atoms with Gasteiger partial charge in [0, 0.05) is 7.11 Å². The van der Waals surface area contributed by atoms with Gasteiger partial charge in [0.15, 0.2) is 5.82 Å². The summed E-state index contributed by atoms with van der Waals surface area (Å²) in [6.07, 6.45) is 4.05. The molecule has 1 heterocycles. The van der Waals surface area contributed by atoms with Crippen LogP contribution in [0.1, 0.15) is 38.4 Å². The molecule has 0 spiro atoms. The Hall–Kier alpha value is 0.350. The summed E-state index contributed by atoms with van der Waals surface area (Å²) in [4.78, 5) is 8.73. The van der Waals surface area contributed by atoms with Crippen LogP contribution in [0.2, 0.25) is 10.3 Å². The molecule has 1 aromatic heterocycles. The van der Waals surface area contributed by atoms with Gasteiger partial charge in [-0.05, 0) is 54.2 Å². The molecule has 1 aromatic rings. The number of hydrogen-bond donors (Lipinski definition) is 0. The molecule has 1 aliphatic carbocycles. The van der Waals surface area contributed by atoms with Crippen molar-refractivity contribution in [2.45, 2.75) is 38.2 Å². The minimum atomic E-state index is -0.426. The van der Waals surface area contributed by atoms with Crippen LogP contribution in [0.4, 0.5) is 0 Å². The van der Waals surface area contributed by atoms with E-state index in [1.807, 2.05) is 22.6 Å². The summed E-state index contributed by atoms with van der Waals surface area (Å²) < 4.78 is 6.41. The van der Waals surface area contributed by atoms with Crippen LogP contribution in [0.15, 0.2) is 0 Å². The number of hydrogen-bond acceptors (Lipinski definition) is 3. The van der Waals surface area contributed by atoms with Gasteiger partial charge in [-0.3, -0.25) is 0 Å². The summed E-state index contributed by atoms with van der Waals surface area (Å²) >= 11 is 14.2. The van der Waals surface area contributed by atoms with E-state index in [0.29, 0.717) is 19.7 Å². The Morgan fingerprint density at radius 3 is 2.17 bits per heavy atom. The molecule has 0 radical (unpaired) electrons. The van der Waals surface area contributed by atoms with Crippen molar-refractivity contribution in [3.63, 3.8) is 0 Å². The number of aromatic nitrogens is 2. The minimum Gasteiger partial charge on any atom is -0.370 e. The quantitative estimate of drug-likeness (QED) is 0.543. The monoisotopic (exact) mass is 400 g/mol. The Morgan fingerprint density at radius 1 is 1.22 bits per heavy atom. The van der Waals surface area contributed by atoms with E-state index in [2.05, 4.69) is 16.9 Å². The third-order valence-electron chi connectivity index (χ3n) is 3.65. The highest BCUT2D eigenvalue weighted by Gasteiger charge is 2.39. The van der Waals surface area contributed by atoms with Gasteiger partial charge in [0.25, 0.3) is 0 Å². The van der Waals surface area contributed by atoms with Gasteiger partial charge in [-0.15, -0.1) is 0 Å². The normalized spacial score (nSPS) is 28.4.